The van der Waals surface area contributed by atoms with E-state index >= 15 is 0 Å². The molecule has 0 bridgehead atoms. The summed E-state index contributed by atoms with van der Waals surface area (Å²) in [4.78, 5) is 12.8. The second kappa shape index (κ2) is 5.44. The number of nitro groups is 1. The van der Waals surface area contributed by atoms with Crippen molar-refractivity contribution in [3.05, 3.63) is 28.3 Å². The van der Waals surface area contributed by atoms with Gasteiger partial charge in [0.25, 0.3) is 5.69 Å². The van der Waals surface area contributed by atoms with Crippen molar-refractivity contribution in [2.75, 3.05) is 18.9 Å². The molecule has 19 heavy (non-hydrogen) atoms. The predicted molar refractivity (Wildman–Crippen MR) is 73.5 cm³/mol. The Hall–Kier alpha value is -1.82. The fraction of sp³-hybridized carbons (Fsp3) is 0.538. The molecule has 1 aliphatic rings. The molecule has 2 atom stereocenters. The molecule has 1 heterocycles. The van der Waals surface area contributed by atoms with Gasteiger partial charge in [0.1, 0.15) is 11.4 Å². The van der Waals surface area contributed by atoms with E-state index in [1.807, 2.05) is 0 Å². The number of piperidine rings is 1. The van der Waals surface area contributed by atoms with Gasteiger partial charge in [0.05, 0.1) is 11.0 Å². The van der Waals surface area contributed by atoms with Crippen LogP contribution in [0.5, 0.6) is 5.75 Å². The maximum atomic E-state index is 11.0. The molecular weight excluding hydrogens is 246 g/mol. The first kappa shape index (κ1) is 13.6. The third-order valence-electron chi connectivity index (χ3n) is 3.75. The Morgan fingerprint density at radius 1 is 1.53 bits per heavy atom. The fourth-order valence-corrected chi connectivity index (χ4v) is 2.43. The van der Waals surface area contributed by atoms with Gasteiger partial charge in [-0.05, 0) is 38.9 Å². The lowest BCUT2D eigenvalue weighted by molar-refractivity contribution is -0.384. The van der Waals surface area contributed by atoms with E-state index in [1.54, 1.807) is 6.07 Å². The van der Waals surface area contributed by atoms with Crippen molar-refractivity contribution in [1.82, 2.24) is 4.90 Å². The van der Waals surface area contributed by atoms with Gasteiger partial charge in [0.15, 0.2) is 0 Å². The number of anilines is 1. The average molecular weight is 265 g/mol. The quantitative estimate of drug-likeness (QED) is 0.497. The van der Waals surface area contributed by atoms with Crippen LogP contribution in [0.25, 0.3) is 0 Å². The minimum absolute atomic E-state index is 0.0772. The van der Waals surface area contributed by atoms with Gasteiger partial charge in [-0.25, -0.2) is 0 Å². The van der Waals surface area contributed by atoms with Gasteiger partial charge >= 0.3 is 0 Å². The summed E-state index contributed by atoms with van der Waals surface area (Å²) in [5.74, 6) is -0.0889. The third-order valence-corrected chi connectivity index (χ3v) is 3.75. The van der Waals surface area contributed by atoms with Crippen LogP contribution in [-0.4, -0.2) is 40.6 Å². The molecule has 0 radical (unpaired) electrons. The number of hydrogen-bond donors (Lipinski definition) is 2. The molecule has 0 amide bonds. The van der Waals surface area contributed by atoms with E-state index in [9.17, 15) is 15.2 Å². The summed E-state index contributed by atoms with van der Waals surface area (Å²) in [6.45, 7) is 3.13. The Labute approximate surface area is 112 Å². The van der Waals surface area contributed by atoms with E-state index in [2.05, 4.69) is 24.2 Å². The summed E-state index contributed by atoms with van der Waals surface area (Å²) in [5, 5.41) is 23.5. The molecule has 1 fully saturated rings. The minimum Gasteiger partial charge on any atom is -0.508 e. The highest BCUT2D eigenvalue weighted by Gasteiger charge is 2.24. The van der Waals surface area contributed by atoms with Crippen LogP contribution in [0.2, 0.25) is 0 Å². The molecular formula is C13H19N3O3. The van der Waals surface area contributed by atoms with Crippen LogP contribution < -0.4 is 5.32 Å². The molecule has 2 N–H and O–H groups in total. The van der Waals surface area contributed by atoms with Gasteiger partial charge in [0.2, 0.25) is 0 Å². The first-order valence-electron chi connectivity index (χ1n) is 6.41. The zero-order valence-corrected chi connectivity index (χ0v) is 11.2. The Morgan fingerprint density at radius 2 is 2.26 bits per heavy atom. The summed E-state index contributed by atoms with van der Waals surface area (Å²) in [5.41, 5.74) is 0.399. The number of benzene rings is 1. The van der Waals surface area contributed by atoms with Gasteiger partial charge in [-0.15, -0.1) is 0 Å². The number of rotatable bonds is 3. The molecule has 6 nitrogen and oxygen atoms in total. The van der Waals surface area contributed by atoms with E-state index < -0.39 is 4.92 Å². The number of phenolic OH excluding ortho intramolecular Hbond substituents is 1. The molecule has 2 rings (SSSR count). The monoisotopic (exact) mass is 265 g/mol. The number of nitro benzene ring substituents is 1. The molecule has 1 aromatic carbocycles. The second-order valence-corrected chi connectivity index (χ2v) is 5.15. The Bertz CT molecular complexity index is 478. The van der Waals surface area contributed by atoms with Crippen molar-refractivity contribution < 1.29 is 10.0 Å². The van der Waals surface area contributed by atoms with Crippen LogP contribution in [0.4, 0.5) is 11.4 Å². The molecule has 0 spiro atoms. The maximum Gasteiger partial charge on any atom is 0.296 e. The van der Waals surface area contributed by atoms with Gasteiger partial charge in [-0.2, -0.15) is 0 Å². The largest absolute Gasteiger partial charge is 0.508 e. The smallest absolute Gasteiger partial charge is 0.296 e. The van der Waals surface area contributed by atoms with Crippen molar-refractivity contribution in [3.63, 3.8) is 0 Å². The number of likely N-dealkylation sites (tertiary alicyclic amines) is 1. The number of hydrogen-bond acceptors (Lipinski definition) is 5. The van der Waals surface area contributed by atoms with Crippen molar-refractivity contribution in [2.45, 2.75) is 31.8 Å². The van der Waals surface area contributed by atoms with Crippen LogP contribution >= 0.6 is 0 Å². The Morgan fingerprint density at radius 3 is 2.89 bits per heavy atom. The third kappa shape index (κ3) is 3.14. The van der Waals surface area contributed by atoms with Crippen LogP contribution in [0.3, 0.4) is 0 Å². The summed E-state index contributed by atoms with van der Waals surface area (Å²) in [6.07, 6.45) is 1.91. The lowest BCUT2D eigenvalue weighted by Crippen LogP contribution is -2.42. The van der Waals surface area contributed by atoms with Crippen molar-refractivity contribution in [1.29, 1.82) is 0 Å². The molecule has 6 heteroatoms. The average Bonchev–Trinajstić information content (AvgIpc) is 2.36. The zero-order valence-electron chi connectivity index (χ0n) is 11.2. The first-order valence-corrected chi connectivity index (χ1v) is 6.41. The van der Waals surface area contributed by atoms with Crippen molar-refractivity contribution in [2.24, 2.45) is 0 Å². The van der Waals surface area contributed by atoms with E-state index in [-0.39, 0.29) is 17.5 Å². The fourth-order valence-electron chi connectivity index (χ4n) is 2.43. The summed E-state index contributed by atoms with van der Waals surface area (Å²) >= 11 is 0. The molecule has 0 aromatic heterocycles. The Balaban J connectivity index is 2.13. The predicted octanol–water partition coefficient (Wildman–Crippen LogP) is 2.19. The van der Waals surface area contributed by atoms with Gasteiger partial charge in [-0.3, -0.25) is 10.1 Å². The maximum absolute atomic E-state index is 11.0. The standard InChI is InChI=1S/C13H19N3O3/c1-9-7-10(5-6-15(9)2)14-12-4-3-11(17)8-13(12)16(18)19/h3-4,8-10,14,17H,5-7H2,1-2H3. The lowest BCUT2D eigenvalue weighted by atomic mass is 9.98. The van der Waals surface area contributed by atoms with Gasteiger partial charge < -0.3 is 15.3 Å². The minimum atomic E-state index is -0.472. The van der Waals surface area contributed by atoms with Crippen molar-refractivity contribution in [3.8, 4) is 5.75 Å². The van der Waals surface area contributed by atoms with Crippen LogP contribution in [-0.2, 0) is 0 Å². The van der Waals surface area contributed by atoms with Gasteiger partial charge in [-0.1, -0.05) is 0 Å². The lowest BCUT2D eigenvalue weighted by Gasteiger charge is -2.35. The van der Waals surface area contributed by atoms with E-state index in [0.717, 1.165) is 19.4 Å². The molecule has 2 unspecified atom stereocenters. The SMILES string of the molecule is CC1CC(Nc2ccc(O)cc2[N+](=O)[O-])CCN1C. The van der Waals surface area contributed by atoms with Crippen LogP contribution in [0.1, 0.15) is 19.8 Å². The molecule has 1 aliphatic heterocycles. The van der Waals surface area contributed by atoms with E-state index in [4.69, 9.17) is 0 Å². The Kier molecular flexibility index (Phi) is 3.90. The highest BCUT2D eigenvalue weighted by atomic mass is 16.6. The van der Waals surface area contributed by atoms with E-state index in [0.29, 0.717) is 11.7 Å². The topological polar surface area (TPSA) is 78.6 Å². The highest BCUT2D eigenvalue weighted by molar-refractivity contribution is 5.64. The zero-order chi connectivity index (χ0) is 14.0. The molecule has 104 valence electrons. The number of phenols is 1. The number of nitrogens with one attached hydrogen (secondary N) is 1. The highest BCUT2D eigenvalue weighted by Crippen LogP contribution is 2.30. The number of aromatic hydroxyl groups is 1. The number of nitrogens with zero attached hydrogens (tertiary/aromatic N) is 2. The molecule has 1 aromatic rings. The van der Waals surface area contributed by atoms with E-state index in [1.165, 1.54) is 12.1 Å². The summed E-state index contributed by atoms with van der Waals surface area (Å²) in [6, 6.07) is 4.90. The molecule has 0 saturated carbocycles. The second-order valence-electron chi connectivity index (χ2n) is 5.15. The normalized spacial score (nSPS) is 24.1. The van der Waals surface area contributed by atoms with Crippen LogP contribution in [0.15, 0.2) is 18.2 Å². The van der Waals surface area contributed by atoms with Crippen molar-refractivity contribution >= 4 is 11.4 Å². The van der Waals surface area contributed by atoms with Gasteiger partial charge in [0, 0.05) is 18.6 Å². The molecule has 1 saturated heterocycles. The van der Waals surface area contributed by atoms with Crippen LogP contribution in [0, 0.1) is 10.1 Å². The summed E-state index contributed by atoms with van der Waals surface area (Å²) < 4.78 is 0. The first-order chi connectivity index (χ1) is 8.97. The molecule has 0 aliphatic carbocycles. The summed E-state index contributed by atoms with van der Waals surface area (Å²) in [7, 11) is 2.09.